The van der Waals surface area contributed by atoms with Crippen LogP contribution in [0.3, 0.4) is 0 Å². The summed E-state index contributed by atoms with van der Waals surface area (Å²) in [5.74, 6) is -0.576. The summed E-state index contributed by atoms with van der Waals surface area (Å²) in [5.41, 5.74) is 2.63. The highest BCUT2D eigenvalue weighted by atomic mass is 16.5. The average molecular weight is 321 g/mol. The maximum absolute atomic E-state index is 12.9. The molecule has 24 heavy (non-hydrogen) atoms. The molecule has 0 amide bonds. The highest BCUT2D eigenvalue weighted by Gasteiger charge is 2.17. The Hall–Kier alpha value is -2.88. The third-order valence-electron chi connectivity index (χ3n) is 3.93. The van der Waals surface area contributed by atoms with Gasteiger partial charge in [-0.25, -0.2) is 4.79 Å². The first-order chi connectivity index (χ1) is 11.6. The number of aryl methyl sites for hydroxylation is 1. The number of esters is 1. The lowest BCUT2D eigenvalue weighted by atomic mass is 10.1. The molecule has 122 valence electrons. The number of aromatic nitrogens is 1. The normalized spacial score (nSPS) is 10.8. The van der Waals surface area contributed by atoms with Gasteiger partial charge in [-0.1, -0.05) is 42.0 Å². The van der Waals surface area contributed by atoms with Crippen LogP contribution < -0.4 is 5.56 Å². The molecule has 0 saturated carbocycles. The fourth-order valence-electron chi connectivity index (χ4n) is 2.79. The molecule has 0 unspecified atom stereocenters. The van der Waals surface area contributed by atoms with E-state index in [1.807, 2.05) is 55.5 Å². The van der Waals surface area contributed by atoms with Gasteiger partial charge in [0, 0.05) is 0 Å². The molecule has 0 N–H and O–H groups in total. The second-order valence-corrected chi connectivity index (χ2v) is 5.72. The van der Waals surface area contributed by atoms with Gasteiger partial charge in [0.2, 0.25) is 0 Å². The first kappa shape index (κ1) is 16.0. The predicted molar refractivity (Wildman–Crippen MR) is 94.4 cm³/mol. The summed E-state index contributed by atoms with van der Waals surface area (Å²) < 4.78 is 6.68. The number of fused-ring (bicyclic) bond motifs is 1. The van der Waals surface area contributed by atoms with Crippen molar-refractivity contribution in [2.24, 2.45) is 0 Å². The number of benzene rings is 2. The summed E-state index contributed by atoms with van der Waals surface area (Å²) in [4.78, 5) is 25.0. The smallest absolute Gasteiger partial charge is 0.343 e. The van der Waals surface area contributed by atoms with E-state index in [0.717, 1.165) is 22.0 Å². The molecule has 0 radical (unpaired) electrons. The quantitative estimate of drug-likeness (QED) is 0.691. The minimum absolute atomic E-state index is 0.0749. The predicted octanol–water partition coefficient (Wildman–Crippen LogP) is 3.53. The van der Waals surface area contributed by atoms with E-state index in [9.17, 15) is 9.59 Å². The topological polar surface area (TPSA) is 48.3 Å². The molecule has 2 aromatic carbocycles. The maximum Gasteiger partial charge on any atom is 0.343 e. The summed E-state index contributed by atoms with van der Waals surface area (Å²) in [5, 5.41) is 0.855. The van der Waals surface area contributed by atoms with Crippen LogP contribution in [0.25, 0.3) is 10.9 Å². The third-order valence-corrected chi connectivity index (χ3v) is 3.93. The van der Waals surface area contributed by atoms with Crippen LogP contribution in [0, 0.1) is 6.92 Å². The molecule has 0 bridgehead atoms. The highest BCUT2D eigenvalue weighted by molar-refractivity contribution is 5.94. The van der Waals surface area contributed by atoms with Gasteiger partial charge in [0.1, 0.15) is 5.56 Å². The molecule has 0 aliphatic heterocycles. The number of hydrogen-bond donors (Lipinski definition) is 0. The monoisotopic (exact) mass is 321 g/mol. The molecular weight excluding hydrogens is 302 g/mol. The lowest BCUT2D eigenvalue weighted by Gasteiger charge is -2.13. The number of hydrogen-bond acceptors (Lipinski definition) is 3. The van der Waals surface area contributed by atoms with Gasteiger partial charge in [0.15, 0.2) is 0 Å². The molecule has 0 aliphatic carbocycles. The van der Waals surface area contributed by atoms with Crippen molar-refractivity contribution in [2.45, 2.75) is 20.4 Å². The zero-order chi connectivity index (χ0) is 17.1. The van der Waals surface area contributed by atoms with Crippen molar-refractivity contribution in [3.05, 3.63) is 81.6 Å². The Morgan fingerprint density at radius 3 is 2.54 bits per heavy atom. The van der Waals surface area contributed by atoms with Crippen LogP contribution in [0.5, 0.6) is 0 Å². The molecular formula is C20H19NO3. The van der Waals surface area contributed by atoms with E-state index in [2.05, 4.69) is 0 Å². The van der Waals surface area contributed by atoms with Crippen LogP contribution >= 0.6 is 0 Å². The van der Waals surface area contributed by atoms with E-state index >= 15 is 0 Å². The van der Waals surface area contributed by atoms with Crippen molar-refractivity contribution in [2.75, 3.05) is 6.61 Å². The number of ether oxygens (including phenoxy) is 1. The number of pyridine rings is 1. The largest absolute Gasteiger partial charge is 0.462 e. The van der Waals surface area contributed by atoms with E-state index in [1.165, 1.54) is 0 Å². The van der Waals surface area contributed by atoms with Gasteiger partial charge < -0.3 is 9.30 Å². The van der Waals surface area contributed by atoms with Gasteiger partial charge in [-0.15, -0.1) is 0 Å². The molecule has 0 saturated heterocycles. The van der Waals surface area contributed by atoms with E-state index in [0.29, 0.717) is 6.54 Å². The SMILES string of the molecule is CCOC(=O)c1cc2cc(C)ccc2n(Cc2ccccc2)c1=O. The standard InChI is InChI=1S/C20H19NO3/c1-3-24-20(23)17-12-16-11-14(2)9-10-18(16)21(19(17)22)13-15-7-5-4-6-8-15/h4-12H,3,13H2,1-2H3. The van der Waals surface area contributed by atoms with Gasteiger partial charge in [-0.3, -0.25) is 4.79 Å². The van der Waals surface area contributed by atoms with Crippen molar-refractivity contribution in [3.8, 4) is 0 Å². The number of nitrogens with zero attached hydrogens (tertiary/aromatic N) is 1. The molecule has 0 spiro atoms. The van der Waals surface area contributed by atoms with Crippen LogP contribution in [-0.4, -0.2) is 17.1 Å². The second-order valence-electron chi connectivity index (χ2n) is 5.72. The molecule has 0 aliphatic rings. The van der Waals surface area contributed by atoms with Crippen molar-refractivity contribution in [1.29, 1.82) is 0 Å². The van der Waals surface area contributed by atoms with Gasteiger partial charge in [0.25, 0.3) is 5.56 Å². The maximum atomic E-state index is 12.9. The Kier molecular flexibility index (Phi) is 4.47. The Morgan fingerprint density at radius 1 is 1.08 bits per heavy atom. The van der Waals surface area contributed by atoms with Crippen molar-refractivity contribution >= 4 is 16.9 Å². The Labute approximate surface area is 140 Å². The fourth-order valence-corrected chi connectivity index (χ4v) is 2.79. The molecule has 3 aromatic rings. The van der Waals surface area contributed by atoms with Crippen molar-refractivity contribution in [1.82, 2.24) is 4.57 Å². The zero-order valence-electron chi connectivity index (χ0n) is 13.8. The van der Waals surface area contributed by atoms with E-state index in [1.54, 1.807) is 17.6 Å². The van der Waals surface area contributed by atoms with Crippen LogP contribution in [0.4, 0.5) is 0 Å². The Balaban J connectivity index is 2.22. The lowest BCUT2D eigenvalue weighted by Crippen LogP contribution is -2.28. The minimum atomic E-state index is -0.576. The van der Waals surface area contributed by atoms with Crippen LogP contribution in [0.15, 0.2) is 59.4 Å². The molecule has 1 heterocycles. The molecule has 0 fully saturated rings. The minimum Gasteiger partial charge on any atom is -0.462 e. The molecule has 4 heteroatoms. The first-order valence-corrected chi connectivity index (χ1v) is 7.95. The Bertz CT molecular complexity index is 942. The second kappa shape index (κ2) is 6.71. The van der Waals surface area contributed by atoms with Gasteiger partial charge >= 0.3 is 5.97 Å². The summed E-state index contributed by atoms with van der Waals surface area (Å²) >= 11 is 0. The molecule has 1 aromatic heterocycles. The van der Waals surface area contributed by atoms with Crippen LogP contribution in [0.1, 0.15) is 28.4 Å². The highest BCUT2D eigenvalue weighted by Crippen LogP contribution is 2.17. The van der Waals surface area contributed by atoms with E-state index in [-0.39, 0.29) is 17.7 Å². The van der Waals surface area contributed by atoms with Crippen LogP contribution in [0.2, 0.25) is 0 Å². The fraction of sp³-hybridized carbons (Fsp3) is 0.200. The summed E-state index contributed by atoms with van der Waals surface area (Å²) in [6.07, 6.45) is 0. The molecule has 0 atom stereocenters. The molecule has 3 rings (SSSR count). The third kappa shape index (κ3) is 3.08. The summed E-state index contributed by atoms with van der Waals surface area (Å²) in [7, 11) is 0. The van der Waals surface area contributed by atoms with Gasteiger partial charge in [0.05, 0.1) is 18.7 Å². The van der Waals surface area contributed by atoms with Crippen molar-refractivity contribution in [3.63, 3.8) is 0 Å². The van der Waals surface area contributed by atoms with Gasteiger partial charge in [-0.05, 0) is 43.0 Å². The van der Waals surface area contributed by atoms with E-state index < -0.39 is 5.97 Å². The van der Waals surface area contributed by atoms with E-state index in [4.69, 9.17) is 4.74 Å². The Morgan fingerprint density at radius 2 is 1.83 bits per heavy atom. The first-order valence-electron chi connectivity index (χ1n) is 7.95. The molecule has 4 nitrogen and oxygen atoms in total. The number of rotatable bonds is 4. The summed E-state index contributed by atoms with van der Waals surface area (Å²) in [6, 6.07) is 17.2. The van der Waals surface area contributed by atoms with Crippen LogP contribution in [-0.2, 0) is 11.3 Å². The van der Waals surface area contributed by atoms with Gasteiger partial charge in [-0.2, -0.15) is 0 Å². The zero-order valence-corrected chi connectivity index (χ0v) is 13.8. The number of carbonyl (C=O) groups excluding carboxylic acids is 1. The van der Waals surface area contributed by atoms with Crippen molar-refractivity contribution < 1.29 is 9.53 Å². The number of carbonyl (C=O) groups is 1. The summed E-state index contributed by atoms with van der Waals surface area (Å²) in [6.45, 7) is 4.36. The lowest BCUT2D eigenvalue weighted by molar-refractivity contribution is 0.0524. The average Bonchev–Trinajstić information content (AvgIpc) is 2.58.